The summed E-state index contributed by atoms with van der Waals surface area (Å²) >= 11 is 3.51. The number of nitrogens with one attached hydrogen (secondary N) is 1. The number of anilines is 1. The number of ketones is 1. The van der Waals surface area contributed by atoms with Crippen molar-refractivity contribution >= 4 is 33.0 Å². The van der Waals surface area contributed by atoms with Crippen molar-refractivity contribution in [1.29, 1.82) is 0 Å². The molecule has 1 aromatic carbocycles. The van der Waals surface area contributed by atoms with Crippen LogP contribution in [0.4, 0.5) is 5.69 Å². The third-order valence-corrected chi connectivity index (χ3v) is 6.41. The second-order valence-corrected chi connectivity index (χ2v) is 8.61. The predicted octanol–water partition coefficient (Wildman–Crippen LogP) is 5.53. The number of hydrogen-bond acceptors (Lipinski definition) is 3. The highest BCUT2D eigenvalue weighted by molar-refractivity contribution is 9.11. The van der Waals surface area contributed by atoms with Crippen molar-refractivity contribution in [3.8, 4) is 11.1 Å². The van der Waals surface area contributed by atoms with Crippen LogP contribution in [0, 0.1) is 6.92 Å². The molecule has 1 N–H and O–H groups in total. The Morgan fingerprint density at radius 2 is 2.14 bits per heavy atom. The number of nitrogens with zero attached hydrogens (tertiary/aromatic N) is 1. The summed E-state index contributed by atoms with van der Waals surface area (Å²) < 4.78 is 1.09. The molecule has 0 amide bonds. The van der Waals surface area contributed by atoms with Crippen molar-refractivity contribution in [2.75, 3.05) is 11.9 Å². The van der Waals surface area contributed by atoms with Crippen molar-refractivity contribution < 1.29 is 4.79 Å². The third-order valence-electron chi connectivity index (χ3n) is 5.86. The fourth-order valence-corrected chi connectivity index (χ4v) is 4.82. The molecule has 140 valence electrons. The lowest BCUT2D eigenvalue weighted by Crippen LogP contribution is -2.14. The van der Waals surface area contributed by atoms with Crippen LogP contribution >= 0.6 is 15.9 Å². The summed E-state index contributed by atoms with van der Waals surface area (Å²) in [4.78, 5) is 17.4. The molecule has 2 aromatic rings. The van der Waals surface area contributed by atoms with Gasteiger partial charge in [0.2, 0.25) is 0 Å². The molecule has 0 spiro atoms. The van der Waals surface area contributed by atoms with Crippen LogP contribution in [-0.4, -0.2) is 17.3 Å². The fraction of sp³-hybridized carbons (Fsp3) is 0.250. The molecule has 0 fully saturated rings. The molecule has 2 aliphatic carbocycles. The Kier molecular flexibility index (Phi) is 4.31. The summed E-state index contributed by atoms with van der Waals surface area (Å²) in [5.41, 5.74) is 10.0. The minimum absolute atomic E-state index is 0.207. The Bertz CT molecular complexity index is 1110. The number of allylic oxidation sites excluding steroid dienone is 6. The van der Waals surface area contributed by atoms with Gasteiger partial charge >= 0.3 is 0 Å². The number of hydrogen-bond donors (Lipinski definition) is 1. The van der Waals surface area contributed by atoms with Crippen LogP contribution in [0.5, 0.6) is 0 Å². The van der Waals surface area contributed by atoms with Crippen molar-refractivity contribution in [2.45, 2.75) is 32.6 Å². The van der Waals surface area contributed by atoms with E-state index in [4.69, 9.17) is 4.98 Å². The topological polar surface area (TPSA) is 42.0 Å². The number of benzene rings is 1. The Labute approximate surface area is 173 Å². The Morgan fingerprint density at radius 1 is 1.25 bits per heavy atom. The van der Waals surface area contributed by atoms with Gasteiger partial charge in [-0.25, -0.2) is 0 Å². The molecule has 0 bridgehead atoms. The highest BCUT2D eigenvalue weighted by Gasteiger charge is 2.26. The van der Waals surface area contributed by atoms with Gasteiger partial charge in [0.15, 0.2) is 5.78 Å². The first-order valence-corrected chi connectivity index (χ1v) is 10.6. The Balaban J connectivity index is 1.58. The maximum atomic E-state index is 12.7. The number of Topliss-reactive ketones (excluding diaryl/α,β-unsaturated/α-hetero) is 1. The normalized spacial score (nSPS) is 19.2. The molecule has 0 atom stereocenters. The van der Waals surface area contributed by atoms with Crippen LogP contribution in [0.3, 0.4) is 0 Å². The highest BCUT2D eigenvalue weighted by Crippen LogP contribution is 2.38. The van der Waals surface area contributed by atoms with E-state index in [2.05, 4.69) is 64.6 Å². The Morgan fingerprint density at radius 3 is 2.96 bits per heavy atom. The number of aromatic nitrogens is 1. The number of carbonyl (C=O) groups is 1. The van der Waals surface area contributed by atoms with Gasteiger partial charge in [0.1, 0.15) is 0 Å². The maximum absolute atomic E-state index is 12.7. The molecule has 0 unspecified atom stereocenters. The molecule has 1 aliphatic heterocycles. The zero-order valence-electron chi connectivity index (χ0n) is 15.8. The van der Waals surface area contributed by atoms with Crippen molar-refractivity contribution in [2.24, 2.45) is 0 Å². The zero-order chi connectivity index (χ0) is 19.3. The molecular weight excluding hydrogens is 412 g/mol. The molecule has 0 radical (unpaired) electrons. The second-order valence-electron chi connectivity index (χ2n) is 7.69. The van der Waals surface area contributed by atoms with Gasteiger partial charge in [-0.15, -0.1) is 0 Å². The number of fused-ring (bicyclic) bond motifs is 2. The summed E-state index contributed by atoms with van der Waals surface area (Å²) in [6, 6.07) is 6.40. The van der Waals surface area contributed by atoms with Gasteiger partial charge in [-0.05, 0) is 72.2 Å². The molecule has 4 heteroatoms. The smallest absolute Gasteiger partial charge is 0.167 e. The standard InChI is InChI=1S/C24H21BrN2O/c1-14-21(13-27-22-3-2-8-26-24(14)22)16-5-6-17-12-23(28)20(19(17)11-16)10-15-4-7-18(25)9-15/h5-7,9-11,13,26H,2-4,8,12H2,1H3/b20-10-. The van der Waals surface area contributed by atoms with Crippen LogP contribution in [0.15, 0.2) is 52.7 Å². The van der Waals surface area contributed by atoms with Crippen LogP contribution in [0.1, 0.15) is 35.2 Å². The highest BCUT2D eigenvalue weighted by atomic mass is 79.9. The first kappa shape index (κ1) is 17.6. The number of halogens is 1. The van der Waals surface area contributed by atoms with E-state index in [9.17, 15) is 4.79 Å². The van der Waals surface area contributed by atoms with E-state index in [0.29, 0.717) is 6.42 Å². The zero-order valence-corrected chi connectivity index (χ0v) is 17.4. The number of carbonyl (C=O) groups excluding carboxylic acids is 1. The van der Waals surface area contributed by atoms with Gasteiger partial charge in [-0.3, -0.25) is 9.78 Å². The minimum atomic E-state index is 0.207. The van der Waals surface area contributed by atoms with Gasteiger partial charge in [0.25, 0.3) is 0 Å². The molecule has 2 heterocycles. The number of pyridine rings is 1. The van der Waals surface area contributed by atoms with E-state index >= 15 is 0 Å². The molecular formula is C24H21BrN2O. The van der Waals surface area contributed by atoms with Gasteiger partial charge in [0, 0.05) is 34.8 Å². The number of aryl methyl sites for hydroxylation is 1. The molecule has 0 saturated carbocycles. The monoisotopic (exact) mass is 432 g/mol. The van der Waals surface area contributed by atoms with Gasteiger partial charge in [-0.2, -0.15) is 0 Å². The number of rotatable bonds is 2. The van der Waals surface area contributed by atoms with E-state index < -0.39 is 0 Å². The van der Waals surface area contributed by atoms with E-state index in [1.54, 1.807) is 0 Å². The van der Waals surface area contributed by atoms with E-state index in [1.165, 1.54) is 16.8 Å². The largest absolute Gasteiger partial charge is 0.383 e. The second kappa shape index (κ2) is 6.85. The predicted molar refractivity (Wildman–Crippen MR) is 118 cm³/mol. The van der Waals surface area contributed by atoms with Crippen LogP contribution in [0.25, 0.3) is 16.7 Å². The van der Waals surface area contributed by atoms with Crippen molar-refractivity contribution in [3.05, 3.63) is 75.1 Å². The third kappa shape index (κ3) is 2.96. The first-order valence-electron chi connectivity index (χ1n) is 9.77. The summed E-state index contributed by atoms with van der Waals surface area (Å²) in [6.45, 7) is 3.17. The van der Waals surface area contributed by atoms with Crippen LogP contribution in [0.2, 0.25) is 0 Å². The molecule has 1 aromatic heterocycles. The summed E-state index contributed by atoms with van der Waals surface area (Å²) in [5.74, 6) is 0.207. The maximum Gasteiger partial charge on any atom is 0.167 e. The lowest BCUT2D eigenvalue weighted by Gasteiger charge is -2.21. The molecule has 5 rings (SSSR count). The lowest BCUT2D eigenvalue weighted by molar-refractivity contribution is -0.112. The van der Waals surface area contributed by atoms with E-state index in [-0.39, 0.29) is 5.78 Å². The summed E-state index contributed by atoms with van der Waals surface area (Å²) in [7, 11) is 0. The van der Waals surface area contributed by atoms with Gasteiger partial charge in [0.05, 0.1) is 11.4 Å². The quantitative estimate of drug-likeness (QED) is 0.633. The van der Waals surface area contributed by atoms with Crippen LogP contribution in [-0.2, 0) is 17.6 Å². The Hall–Kier alpha value is -2.46. The molecule has 3 aliphatic rings. The molecule has 0 saturated heterocycles. The van der Waals surface area contributed by atoms with Crippen molar-refractivity contribution in [1.82, 2.24) is 4.98 Å². The van der Waals surface area contributed by atoms with Gasteiger partial charge in [-0.1, -0.05) is 34.1 Å². The summed E-state index contributed by atoms with van der Waals surface area (Å²) in [5, 5.41) is 3.52. The van der Waals surface area contributed by atoms with Crippen molar-refractivity contribution in [3.63, 3.8) is 0 Å². The summed E-state index contributed by atoms with van der Waals surface area (Å²) in [6.07, 6.45) is 11.8. The van der Waals surface area contributed by atoms with Crippen LogP contribution < -0.4 is 5.32 Å². The minimum Gasteiger partial charge on any atom is -0.383 e. The first-order chi connectivity index (χ1) is 13.6. The van der Waals surface area contributed by atoms with Gasteiger partial charge < -0.3 is 5.32 Å². The average molecular weight is 433 g/mol. The van der Waals surface area contributed by atoms with E-state index in [0.717, 1.165) is 63.8 Å². The molecule has 3 nitrogen and oxygen atoms in total. The van der Waals surface area contributed by atoms with E-state index in [1.807, 2.05) is 6.20 Å². The molecule has 28 heavy (non-hydrogen) atoms. The fourth-order valence-electron chi connectivity index (χ4n) is 4.36. The SMILES string of the molecule is Cc1c(-c2ccc3c(c2)/C(=C/C2=CC(Br)=CC2)C(=O)C3)cnc2c1NCCC2. The lowest BCUT2D eigenvalue weighted by atomic mass is 9.94. The average Bonchev–Trinajstić information content (AvgIpc) is 3.25.